The van der Waals surface area contributed by atoms with Crippen LogP contribution < -0.4 is 10.6 Å². The van der Waals surface area contributed by atoms with Gasteiger partial charge in [0.25, 0.3) is 11.6 Å². The number of carbonyl (C=O) groups excluding carboxylic acids is 2. The second-order valence-corrected chi connectivity index (χ2v) is 7.44. The first-order chi connectivity index (χ1) is 14.4. The van der Waals surface area contributed by atoms with E-state index in [1.54, 1.807) is 13.8 Å². The van der Waals surface area contributed by atoms with Gasteiger partial charge in [0.15, 0.2) is 0 Å². The summed E-state index contributed by atoms with van der Waals surface area (Å²) in [6, 6.07) is 6.98. The number of nitrogens with one attached hydrogen (secondary N) is 2. The van der Waals surface area contributed by atoms with Crippen molar-refractivity contribution in [2.75, 3.05) is 0 Å². The largest absolute Gasteiger partial charge is 0.416 e. The number of carbonyl (C=O) groups is 2. The van der Waals surface area contributed by atoms with E-state index in [1.807, 2.05) is 0 Å². The lowest BCUT2D eigenvalue weighted by atomic mass is 10.0. The predicted molar refractivity (Wildman–Crippen MR) is 107 cm³/mol. The van der Waals surface area contributed by atoms with Crippen LogP contribution in [0.5, 0.6) is 0 Å². The first-order valence-electron chi connectivity index (χ1n) is 9.08. The summed E-state index contributed by atoms with van der Waals surface area (Å²) in [4.78, 5) is 35.3. The molecule has 0 unspecified atom stereocenters. The van der Waals surface area contributed by atoms with Crippen molar-refractivity contribution in [3.8, 4) is 0 Å². The molecule has 11 heteroatoms. The number of amides is 2. The van der Waals surface area contributed by atoms with Gasteiger partial charge in [-0.25, -0.2) is 0 Å². The Balaban J connectivity index is 2.10. The van der Waals surface area contributed by atoms with Gasteiger partial charge in [-0.2, -0.15) is 13.2 Å². The van der Waals surface area contributed by atoms with Crippen LogP contribution in [0.1, 0.15) is 35.3 Å². The third kappa shape index (κ3) is 6.42. The molecule has 0 aromatic heterocycles. The van der Waals surface area contributed by atoms with Gasteiger partial charge in [0.1, 0.15) is 11.1 Å². The molecular formula is C20H19ClF3N3O4. The molecule has 0 aliphatic rings. The number of nitrogens with zero attached hydrogens (tertiary/aromatic N) is 1. The van der Waals surface area contributed by atoms with Gasteiger partial charge in [0.2, 0.25) is 5.91 Å². The third-order valence-corrected chi connectivity index (χ3v) is 4.68. The van der Waals surface area contributed by atoms with Crippen LogP contribution in [-0.4, -0.2) is 22.8 Å². The first-order valence-corrected chi connectivity index (χ1v) is 9.46. The fourth-order valence-corrected chi connectivity index (χ4v) is 2.90. The highest BCUT2D eigenvalue weighted by atomic mass is 35.5. The van der Waals surface area contributed by atoms with Crippen molar-refractivity contribution in [2.24, 2.45) is 5.92 Å². The SMILES string of the molecule is CC(C)[C@H](NC(=O)c1ccc(Cl)c([N+](=O)[O-])c1)C(=O)NCc1cccc(C(F)(F)F)c1. The molecule has 2 rings (SSSR count). The number of nitro groups is 1. The average Bonchev–Trinajstić information content (AvgIpc) is 2.69. The average molecular weight is 458 g/mol. The van der Waals surface area contributed by atoms with E-state index in [4.69, 9.17) is 11.6 Å². The van der Waals surface area contributed by atoms with E-state index in [9.17, 15) is 32.9 Å². The van der Waals surface area contributed by atoms with Crippen molar-refractivity contribution < 1.29 is 27.7 Å². The minimum absolute atomic E-state index is 0.0626. The van der Waals surface area contributed by atoms with Gasteiger partial charge in [-0.05, 0) is 35.7 Å². The molecule has 0 aliphatic heterocycles. The Morgan fingerprint density at radius 1 is 1.16 bits per heavy atom. The summed E-state index contributed by atoms with van der Waals surface area (Å²) in [5.41, 5.74) is -1.11. The van der Waals surface area contributed by atoms with Crippen molar-refractivity contribution in [2.45, 2.75) is 32.6 Å². The number of alkyl halides is 3. The summed E-state index contributed by atoms with van der Waals surface area (Å²) in [7, 11) is 0. The molecule has 0 aliphatic carbocycles. The van der Waals surface area contributed by atoms with Gasteiger partial charge < -0.3 is 10.6 Å². The lowest BCUT2D eigenvalue weighted by Gasteiger charge is -2.22. The second-order valence-electron chi connectivity index (χ2n) is 7.03. The summed E-state index contributed by atoms with van der Waals surface area (Å²) in [6.45, 7) is 3.16. The van der Waals surface area contributed by atoms with E-state index < -0.39 is 40.2 Å². The number of halogens is 4. The van der Waals surface area contributed by atoms with Crippen molar-refractivity contribution in [3.05, 3.63) is 74.3 Å². The minimum Gasteiger partial charge on any atom is -0.350 e. The van der Waals surface area contributed by atoms with E-state index in [1.165, 1.54) is 24.3 Å². The second kappa shape index (κ2) is 9.78. The Morgan fingerprint density at radius 2 is 1.84 bits per heavy atom. The van der Waals surface area contributed by atoms with Gasteiger partial charge in [0.05, 0.1) is 10.5 Å². The molecular weight excluding hydrogens is 439 g/mol. The Labute approximate surface area is 180 Å². The number of benzene rings is 2. The highest BCUT2D eigenvalue weighted by molar-refractivity contribution is 6.32. The minimum atomic E-state index is -4.50. The molecule has 0 bridgehead atoms. The molecule has 2 N–H and O–H groups in total. The Bertz CT molecular complexity index is 996. The van der Waals surface area contributed by atoms with Crippen molar-refractivity contribution in [1.82, 2.24) is 10.6 Å². The van der Waals surface area contributed by atoms with Gasteiger partial charge in [-0.15, -0.1) is 0 Å². The quantitative estimate of drug-likeness (QED) is 0.477. The molecule has 31 heavy (non-hydrogen) atoms. The van der Waals surface area contributed by atoms with Crippen LogP contribution in [0.4, 0.5) is 18.9 Å². The van der Waals surface area contributed by atoms with Crippen LogP contribution >= 0.6 is 11.6 Å². The smallest absolute Gasteiger partial charge is 0.350 e. The third-order valence-electron chi connectivity index (χ3n) is 4.36. The molecule has 0 spiro atoms. The van der Waals surface area contributed by atoms with Gasteiger partial charge >= 0.3 is 6.18 Å². The fraction of sp³-hybridized carbons (Fsp3) is 0.300. The van der Waals surface area contributed by atoms with Crippen LogP contribution in [0.15, 0.2) is 42.5 Å². The van der Waals surface area contributed by atoms with Crippen molar-refractivity contribution in [3.63, 3.8) is 0 Å². The first kappa shape index (κ1) is 24.1. The van der Waals surface area contributed by atoms with Gasteiger partial charge in [-0.1, -0.05) is 37.6 Å². The van der Waals surface area contributed by atoms with E-state index in [-0.39, 0.29) is 28.6 Å². The summed E-state index contributed by atoms with van der Waals surface area (Å²) in [5.74, 6) is -1.70. The fourth-order valence-electron chi connectivity index (χ4n) is 2.71. The Morgan fingerprint density at radius 3 is 2.42 bits per heavy atom. The number of hydrogen-bond acceptors (Lipinski definition) is 4. The molecule has 0 heterocycles. The van der Waals surface area contributed by atoms with Gasteiger partial charge in [0, 0.05) is 18.2 Å². The molecule has 1 atom stereocenters. The van der Waals surface area contributed by atoms with E-state index in [0.717, 1.165) is 18.2 Å². The van der Waals surface area contributed by atoms with Crippen LogP contribution in [0.3, 0.4) is 0 Å². The van der Waals surface area contributed by atoms with Crippen molar-refractivity contribution >= 4 is 29.1 Å². The maximum absolute atomic E-state index is 12.8. The van der Waals surface area contributed by atoms with Crippen LogP contribution in [-0.2, 0) is 17.5 Å². The van der Waals surface area contributed by atoms with Crippen molar-refractivity contribution in [1.29, 1.82) is 0 Å². The van der Waals surface area contributed by atoms with E-state index >= 15 is 0 Å². The number of nitro benzene ring substituents is 1. The highest BCUT2D eigenvalue weighted by Crippen LogP contribution is 2.29. The monoisotopic (exact) mass is 457 g/mol. The molecule has 2 aromatic rings. The van der Waals surface area contributed by atoms with Crippen LogP contribution in [0, 0.1) is 16.0 Å². The van der Waals surface area contributed by atoms with E-state index in [2.05, 4.69) is 10.6 Å². The van der Waals surface area contributed by atoms with Crippen LogP contribution in [0.25, 0.3) is 0 Å². The lowest BCUT2D eigenvalue weighted by molar-refractivity contribution is -0.384. The Hall–Kier alpha value is -3.14. The Kier molecular flexibility index (Phi) is 7.61. The van der Waals surface area contributed by atoms with E-state index in [0.29, 0.717) is 0 Å². The molecule has 0 radical (unpaired) electrons. The maximum Gasteiger partial charge on any atom is 0.416 e. The zero-order valence-corrected chi connectivity index (χ0v) is 17.3. The van der Waals surface area contributed by atoms with Crippen LogP contribution in [0.2, 0.25) is 5.02 Å². The normalized spacial score (nSPS) is 12.4. The maximum atomic E-state index is 12.8. The summed E-state index contributed by atoms with van der Waals surface area (Å²) < 4.78 is 38.5. The lowest BCUT2D eigenvalue weighted by Crippen LogP contribution is -2.49. The zero-order chi connectivity index (χ0) is 23.3. The predicted octanol–water partition coefficient (Wildman–Crippen LogP) is 4.34. The molecule has 2 aromatic carbocycles. The summed E-state index contributed by atoms with van der Waals surface area (Å²) in [5, 5.41) is 15.9. The zero-order valence-electron chi connectivity index (χ0n) is 16.5. The molecule has 0 saturated carbocycles. The van der Waals surface area contributed by atoms with Gasteiger partial charge in [-0.3, -0.25) is 19.7 Å². The molecule has 0 saturated heterocycles. The molecule has 7 nitrogen and oxygen atoms in total. The topological polar surface area (TPSA) is 101 Å². The molecule has 0 fully saturated rings. The number of hydrogen-bond donors (Lipinski definition) is 2. The summed E-state index contributed by atoms with van der Waals surface area (Å²) in [6.07, 6.45) is -4.50. The summed E-state index contributed by atoms with van der Waals surface area (Å²) >= 11 is 5.73. The standard InChI is InChI=1S/C20H19ClF3N3O4/c1-11(2)17(26-18(28)13-6-7-15(21)16(9-13)27(30)31)19(29)25-10-12-4-3-5-14(8-12)20(22,23)24/h3-9,11,17H,10H2,1-2H3,(H,25,29)(H,26,28)/t17-/m0/s1. The number of rotatable bonds is 7. The molecule has 2 amide bonds. The highest BCUT2D eigenvalue weighted by Gasteiger charge is 2.30. The molecule has 166 valence electrons.